The molecular weight excluding hydrogens is 212 g/mol. The number of aromatic nitrogens is 2. The highest BCUT2D eigenvalue weighted by molar-refractivity contribution is 6.00. The molecule has 0 aliphatic heterocycles. The second-order valence-corrected chi connectivity index (χ2v) is 6.12. The second-order valence-electron chi connectivity index (χ2n) is 6.12. The van der Waals surface area contributed by atoms with Crippen molar-refractivity contribution in [2.45, 2.75) is 59.9 Å². The summed E-state index contributed by atoms with van der Waals surface area (Å²) in [6.45, 7) is 11.5. The van der Waals surface area contributed by atoms with Gasteiger partial charge in [-0.2, -0.15) is 5.10 Å². The van der Waals surface area contributed by atoms with Gasteiger partial charge in [-0.3, -0.25) is 9.48 Å². The first-order valence-corrected chi connectivity index (χ1v) is 6.48. The summed E-state index contributed by atoms with van der Waals surface area (Å²) in [7, 11) is 0. The van der Waals surface area contributed by atoms with E-state index in [-0.39, 0.29) is 11.2 Å². The molecule has 0 saturated carbocycles. The lowest BCUT2D eigenvalue weighted by Gasteiger charge is -2.27. The Morgan fingerprint density at radius 2 is 2.00 bits per heavy atom. The molecule has 0 fully saturated rings. The third-order valence-corrected chi connectivity index (χ3v) is 3.47. The standard InChI is InChI=1S/C14H22N2O/c1-6-16-13(9(2)3)12-10(15-16)7-14(4,5)8-11(12)17/h9H,6-8H2,1-5H3. The van der Waals surface area contributed by atoms with Crippen LogP contribution in [-0.4, -0.2) is 15.6 Å². The summed E-state index contributed by atoms with van der Waals surface area (Å²) < 4.78 is 2.01. The zero-order valence-corrected chi connectivity index (χ0v) is 11.5. The van der Waals surface area contributed by atoms with Crippen LogP contribution in [0.25, 0.3) is 0 Å². The topological polar surface area (TPSA) is 34.9 Å². The van der Waals surface area contributed by atoms with Crippen LogP contribution in [0.5, 0.6) is 0 Å². The molecule has 0 N–H and O–H groups in total. The maximum atomic E-state index is 12.3. The van der Waals surface area contributed by atoms with Gasteiger partial charge < -0.3 is 0 Å². The Morgan fingerprint density at radius 1 is 1.35 bits per heavy atom. The Morgan fingerprint density at radius 3 is 2.53 bits per heavy atom. The van der Waals surface area contributed by atoms with Crippen molar-refractivity contribution < 1.29 is 4.79 Å². The quantitative estimate of drug-likeness (QED) is 0.787. The molecule has 0 aromatic carbocycles. The minimum Gasteiger partial charge on any atom is -0.294 e. The van der Waals surface area contributed by atoms with Gasteiger partial charge in [0.25, 0.3) is 0 Å². The van der Waals surface area contributed by atoms with Crippen molar-refractivity contribution in [3.63, 3.8) is 0 Å². The van der Waals surface area contributed by atoms with Crippen molar-refractivity contribution in [2.24, 2.45) is 5.41 Å². The van der Waals surface area contributed by atoms with Crippen LogP contribution in [0.15, 0.2) is 0 Å². The van der Waals surface area contributed by atoms with Crippen molar-refractivity contribution in [1.29, 1.82) is 0 Å². The number of nitrogens with zero attached hydrogens (tertiary/aromatic N) is 2. The number of aryl methyl sites for hydroxylation is 1. The summed E-state index contributed by atoms with van der Waals surface area (Å²) in [6.07, 6.45) is 1.57. The van der Waals surface area contributed by atoms with E-state index in [4.69, 9.17) is 0 Å². The molecule has 1 aliphatic carbocycles. The van der Waals surface area contributed by atoms with Crippen LogP contribution in [0.4, 0.5) is 0 Å². The van der Waals surface area contributed by atoms with Crippen molar-refractivity contribution in [1.82, 2.24) is 9.78 Å². The molecule has 0 spiro atoms. The molecule has 0 radical (unpaired) electrons. The number of hydrogen-bond acceptors (Lipinski definition) is 2. The molecule has 1 heterocycles. The number of carbonyl (C=O) groups excluding carboxylic acids is 1. The number of ketones is 1. The van der Waals surface area contributed by atoms with E-state index in [0.29, 0.717) is 12.3 Å². The van der Waals surface area contributed by atoms with Gasteiger partial charge >= 0.3 is 0 Å². The summed E-state index contributed by atoms with van der Waals surface area (Å²) in [4.78, 5) is 12.3. The summed E-state index contributed by atoms with van der Waals surface area (Å²) in [5.41, 5.74) is 3.12. The SMILES string of the molecule is CCn1nc2c(c1C(C)C)C(=O)CC(C)(C)C2. The first kappa shape index (κ1) is 12.3. The van der Waals surface area contributed by atoms with Gasteiger partial charge in [0.2, 0.25) is 0 Å². The fourth-order valence-corrected chi connectivity index (χ4v) is 2.82. The lowest BCUT2D eigenvalue weighted by Crippen LogP contribution is -2.27. The lowest BCUT2D eigenvalue weighted by molar-refractivity contribution is 0.0910. The van der Waals surface area contributed by atoms with Gasteiger partial charge in [-0.25, -0.2) is 0 Å². The highest BCUT2D eigenvalue weighted by Crippen LogP contribution is 2.37. The molecule has 1 aliphatic rings. The molecule has 3 nitrogen and oxygen atoms in total. The molecule has 0 bridgehead atoms. The zero-order chi connectivity index (χ0) is 12.8. The third-order valence-electron chi connectivity index (χ3n) is 3.47. The number of fused-ring (bicyclic) bond motifs is 1. The average molecular weight is 234 g/mol. The van der Waals surface area contributed by atoms with E-state index in [1.54, 1.807) is 0 Å². The Hall–Kier alpha value is -1.12. The van der Waals surface area contributed by atoms with Gasteiger partial charge in [0.1, 0.15) is 0 Å². The summed E-state index contributed by atoms with van der Waals surface area (Å²) >= 11 is 0. The van der Waals surface area contributed by atoms with Gasteiger partial charge in [0.05, 0.1) is 17.0 Å². The van der Waals surface area contributed by atoms with Crippen LogP contribution in [0.3, 0.4) is 0 Å². The van der Waals surface area contributed by atoms with Crippen LogP contribution < -0.4 is 0 Å². The van der Waals surface area contributed by atoms with E-state index in [2.05, 4.69) is 39.7 Å². The maximum Gasteiger partial charge on any atom is 0.167 e. The third kappa shape index (κ3) is 2.03. The lowest BCUT2D eigenvalue weighted by atomic mass is 9.75. The number of carbonyl (C=O) groups is 1. The van der Waals surface area contributed by atoms with E-state index < -0.39 is 0 Å². The van der Waals surface area contributed by atoms with Gasteiger partial charge in [0.15, 0.2) is 5.78 Å². The molecule has 17 heavy (non-hydrogen) atoms. The molecule has 94 valence electrons. The van der Waals surface area contributed by atoms with Crippen LogP contribution >= 0.6 is 0 Å². The molecule has 0 saturated heterocycles. The summed E-state index contributed by atoms with van der Waals surface area (Å²) in [5.74, 6) is 0.635. The average Bonchev–Trinajstić information content (AvgIpc) is 2.54. The van der Waals surface area contributed by atoms with Gasteiger partial charge in [0, 0.05) is 13.0 Å². The molecule has 2 rings (SSSR count). The molecule has 3 heteroatoms. The second kappa shape index (κ2) is 3.97. The van der Waals surface area contributed by atoms with Crippen LogP contribution in [0, 0.1) is 5.41 Å². The van der Waals surface area contributed by atoms with E-state index in [1.165, 1.54) is 0 Å². The largest absolute Gasteiger partial charge is 0.294 e. The highest BCUT2D eigenvalue weighted by Gasteiger charge is 2.36. The fourth-order valence-electron chi connectivity index (χ4n) is 2.82. The van der Waals surface area contributed by atoms with Crippen molar-refractivity contribution in [3.05, 3.63) is 17.0 Å². The predicted molar refractivity (Wildman–Crippen MR) is 68.4 cm³/mol. The van der Waals surface area contributed by atoms with E-state index in [0.717, 1.165) is 29.9 Å². The first-order chi connectivity index (χ1) is 7.85. The van der Waals surface area contributed by atoms with Crippen molar-refractivity contribution >= 4 is 5.78 Å². The van der Waals surface area contributed by atoms with Gasteiger partial charge in [-0.05, 0) is 24.7 Å². The Labute approximate surface area is 103 Å². The summed E-state index contributed by atoms with van der Waals surface area (Å²) in [6, 6.07) is 0. The van der Waals surface area contributed by atoms with Crippen molar-refractivity contribution in [3.8, 4) is 0 Å². The smallest absolute Gasteiger partial charge is 0.167 e. The van der Waals surface area contributed by atoms with Gasteiger partial charge in [-0.15, -0.1) is 0 Å². The minimum atomic E-state index is 0.0608. The maximum absolute atomic E-state index is 12.3. The normalized spacial score (nSPS) is 18.6. The number of Topliss-reactive ketones (excluding diaryl/α,β-unsaturated/α-hetero) is 1. The molecule has 1 aromatic heterocycles. The monoisotopic (exact) mass is 234 g/mol. The Kier molecular flexibility index (Phi) is 2.88. The van der Waals surface area contributed by atoms with E-state index in [1.807, 2.05) is 4.68 Å². The molecular formula is C14H22N2O. The van der Waals surface area contributed by atoms with Crippen LogP contribution in [-0.2, 0) is 13.0 Å². The van der Waals surface area contributed by atoms with Gasteiger partial charge in [-0.1, -0.05) is 27.7 Å². The minimum absolute atomic E-state index is 0.0608. The molecule has 0 unspecified atom stereocenters. The molecule has 0 atom stereocenters. The zero-order valence-electron chi connectivity index (χ0n) is 11.5. The van der Waals surface area contributed by atoms with Crippen molar-refractivity contribution in [2.75, 3.05) is 0 Å². The summed E-state index contributed by atoms with van der Waals surface area (Å²) in [5, 5.41) is 4.63. The first-order valence-electron chi connectivity index (χ1n) is 6.48. The Bertz CT molecular complexity index is 455. The predicted octanol–water partition coefficient (Wildman–Crippen LogP) is 3.18. The van der Waals surface area contributed by atoms with E-state index >= 15 is 0 Å². The van der Waals surface area contributed by atoms with Crippen LogP contribution in [0.1, 0.15) is 68.7 Å². The van der Waals surface area contributed by atoms with E-state index in [9.17, 15) is 4.79 Å². The Balaban J connectivity index is 2.58. The van der Waals surface area contributed by atoms with Crippen LogP contribution in [0.2, 0.25) is 0 Å². The number of rotatable bonds is 2. The highest BCUT2D eigenvalue weighted by atomic mass is 16.1. The molecule has 1 aromatic rings. The fraction of sp³-hybridized carbons (Fsp3) is 0.714. The molecule has 0 amide bonds. The number of hydrogen-bond donors (Lipinski definition) is 0.